The molecule has 0 heterocycles. The monoisotopic (exact) mass is 371 g/mol. The first-order chi connectivity index (χ1) is 8.54. The summed E-state index contributed by atoms with van der Waals surface area (Å²) in [6, 6.07) is 12.3. The van der Waals surface area contributed by atoms with Crippen LogP contribution in [-0.4, -0.2) is 0 Å². The Morgan fingerprint density at radius 3 is 2.33 bits per heavy atom. The smallest absolute Gasteiger partial charge is 0.123 e. The van der Waals surface area contributed by atoms with Crippen molar-refractivity contribution in [3.63, 3.8) is 0 Å². The molecule has 0 radical (unpaired) electrons. The Morgan fingerprint density at radius 1 is 1.06 bits per heavy atom. The molecule has 0 bridgehead atoms. The molecule has 0 spiro atoms. The molecule has 2 aromatic carbocycles. The van der Waals surface area contributed by atoms with Crippen molar-refractivity contribution >= 4 is 31.9 Å². The van der Waals surface area contributed by atoms with E-state index >= 15 is 0 Å². The summed E-state index contributed by atoms with van der Waals surface area (Å²) in [4.78, 5) is 0. The summed E-state index contributed by atoms with van der Waals surface area (Å²) in [5, 5.41) is 0. The Balaban J connectivity index is 2.19. The second-order valence-corrected chi connectivity index (χ2v) is 5.97. The van der Waals surface area contributed by atoms with Gasteiger partial charge in [-0.05, 0) is 47.9 Å². The summed E-state index contributed by atoms with van der Waals surface area (Å²) in [7, 11) is 0. The van der Waals surface area contributed by atoms with Gasteiger partial charge in [0.25, 0.3) is 0 Å². The van der Waals surface area contributed by atoms with Gasteiger partial charge in [0.2, 0.25) is 0 Å². The highest BCUT2D eigenvalue weighted by Crippen LogP contribution is 2.25. The van der Waals surface area contributed by atoms with Gasteiger partial charge in [-0.2, -0.15) is 0 Å². The lowest BCUT2D eigenvalue weighted by atomic mass is 10.00. The van der Waals surface area contributed by atoms with Gasteiger partial charge in [-0.1, -0.05) is 44.0 Å². The van der Waals surface area contributed by atoms with E-state index in [1.165, 1.54) is 12.1 Å². The van der Waals surface area contributed by atoms with Crippen LogP contribution < -0.4 is 5.73 Å². The summed E-state index contributed by atoms with van der Waals surface area (Å²) in [6.07, 6.45) is 0.612. The zero-order chi connectivity index (χ0) is 13.1. The van der Waals surface area contributed by atoms with Gasteiger partial charge in [-0.15, -0.1) is 0 Å². The van der Waals surface area contributed by atoms with Crippen molar-refractivity contribution in [1.82, 2.24) is 0 Å². The van der Waals surface area contributed by atoms with Crippen LogP contribution in [0.3, 0.4) is 0 Å². The standard InChI is InChI=1S/C14H12Br2FN/c15-11-6-10(7-12(16)8-11)14(18)5-9-2-1-3-13(17)4-9/h1-4,6-8,14H,5,18H2. The van der Waals surface area contributed by atoms with Crippen molar-refractivity contribution in [2.45, 2.75) is 12.5 Å². The molecule has 0 aromatic heterocycles. The van der Waals surface area contributed by atoms with Crippen molar-refractivity contribution in [2.24, 2.45) is 5.73 Å². The van der Waals surface area contributed by atoms with E-state index in [2.05, 4.69) is 31.9 Å². The lowest BCUT2D eigenvalue weighted by Gasteiger charge is -2.13. The molecule has 1 unspecified atom stereocenters. The highest BCUT2D eigenvalue weighted by atomic mass is 79.9. The average Bonchev–Trinajstić information content (AvgIpc) is 2.27. The molecule has 4 heteroatoms. The molecule has 1 nitrogen and oxygen atoms in total. The second kappa shape index (κ2) is 5.95. The highest BCUT2D eigenvalue weighted by Gasteiger charge is 2.09. The molecule has 94 valence electrons. The van der Waals surface area contributed by atoms with E-state index in [1.807, 2.05) is 24.3 Å². The summed E-state index contributed by atoms with van der Waals surface area (Å²) >= 11 is 6.87. The van der Waals surface area contributed by atoms with Gasteiger partial charge in [-0.3, -0.25) is 0 Å². The molecule has 2 N–H and O–H groups in total. The Morgan fingerprint density at radius 2 is 1.72 bits per heavy atom. The quantitative estimate of drug-likeness (QED) is 0.837. The van der Waals surface area contributed by atoms with Gasteiger partial charge >= 0.3 is 0 Å². The minimum absolute atomic E-state index is 0.152. The van der Waals surface area contributed by atoms with Gasteiger partial charge in [0.1, 0.15) is 5.82 Å². The third kappa shape index (κ3) is 3.64. The van der Waals surface area contributed by atoms with Crippen molar-refractivity contribution in [3.05, 3.63) is 68.4 Å². The van der Waals surface area contributed by atoms with E-state index in [9.17, 15) is 4.39 Å². The summed E-state index contributed by atoms with van der Waals surface area (Å²) in [5.74, 6) is -0.227. The van der Waals surface area contributed by atoms with Crippen LogP contribution in [0.5, 0.6) is 0 Å². The molecular formula is C14H12Br2FN. The van der Waals surface area contributed by atoms with Crippen LogP contribution in [0.1, 0.15) is 17.2 Å². The largest absolute Gasteiger partial charge is 0.324 e. The normalized spacial score (nSPS) is 12.4. The SMILES string of the molecule is NC(Cc1cccc(F)c1)c1cc(Br)cc(Br)c1. The van der Waals surface area contributed by atoms with Crippen LogP contribution in [0.15, 0.2) is 51.4 Å². The molecule has 2 rings (SSSR count). The van der Waals surface area contributed by atoms with E-state index in [1.54, 1.807) is 6.07 Å². The molecule has 0 aliphatic rings. The van der Waals surface area contributed by atoms with E-state index in [0.717, 1.165) is 20.1 Å². The Bertz CT molecular complexity index is 537. The van der Waals surface area contributed by atoms with Gasteiger partial charge < -0.3 is 5.73 Å². The van der Waals surface area contributed by atoms with E-state index in [4.69, 9.17) is 5.73 Å². The van der Waals surface area contributed by atoms with Crippen molar-refractivity contribution in [1.29, 1.82) is 0 Å². The molecule has 0 fully saturated rings. The first kappa shape index (κ1) is 13.7. The van der Waals surface area contributed by atoms with Crippen molar-refractivity contribution < 1.29 is 4.39 Å². The Hall–Kier alpha value is -0.710. The van der Waals surface area contributed by atoms with Crippen LogP contribution in [0.2, 0.25) is 0 Å². The molecule has 0 saturated carbocycles. The van der Waals surface area contributed by atoms with Crippen LogP contribution in [0.25, 0.3) is 0 Å². The van der Waals surface area contributed by atoms with Gasteiger partial charge in [0.05, 0.1) is 0 Å². The number of benzene rings is 2. The van der Waals surface area contributed by atoms with E-state index in [-0.39, 0.29) is 11.9 Å². The predicted octanol–water partition coefficient (Wildman–Crippen LogP) is 4.59. The van der Waals surface area contributed by atoms with Gasteiger partial charge in [0.15, 0.2) is 0 Å². The molecule has 18 heavy (non-hydrogen) atoms. The molecule has 0 amide bonds. The predicted molar refractivity (Wildman–Crippen MR) is 78.9 cm³/mol. The number of hydrogen-bond donors (Lipinski definition) is 1. The zero-order valence-electron chi connectivity index (χ0n) is 9.54. The summed E-state index contributed by atoms with van der Waals surface area (Å²) < 4.78 is 15.0. The third-order valence-corrected chi connectivity index (χ3v) is 3.57. The van der Waals surface area contributed by atoms with Crippen LogP contribution in [-0.2, 0) is 6.42 Å². The van der Waals surface area contributed by atoms with Crippen molar-refractivity contribution in [3.8, 4) is 0 Å². The minimum atomic E-state index is -0.227. The average molecular weight is 373 g/mol. The number of nitrogens with two attached hydrogens (primary N) is 1. The summed E-state index contributed by atoms with van der Waals surface area (Å²) in [5.41, 5.74) is 8.07. The second-order valence-electron chi connectivity index (χ2n) is 4.14. The maximum Gasteiger partial charge on any atom is 0.123 e. The third-order valence-electron chi connectivity index (χ3n) is 2.66. The Kier molecular flexibility index (Phi) is 4.54. The molecule has 2 aromatic rings. The lowest BCUT2D eigenvalue weighted by Crippen LogP contribution is -2.13. The van der Waals surface area contributed by atoms with Crippen LogP contribution in [0, 0.1) is 5.82 Å². The van der Waals surface area contributed by atoms with E-state index in [0.29, 0.717) is 6.42 Å². The molecule has 0 aliphatic carbocycles. The van der Waals surface area contributed by atoms with Crippen molar-refractivity contribution in [2.75, 3.05) is 0 Å². The fourth-order valence-corrected chi connectivity index (χ4v) is 3.15. The summed E-state index contributed by atoms with van der Waals surface area (Å²) in [6.45, 7) is 0. The maximum absolute atomic E-state index is 13.1. The number of halogens is 3. The van der Waals surface area contributed by atoms with Gasteiger partial charge in [-0.25, -0.2) is 4.39 Å². The van der Waals surface area contributed by atoms with Crippen LogP contribution >= 0.6 is 31.9 Å². The first-order valence-electron chi connectivity index (χ1n) is 5.50. The fraction of sp³-hybridized carbons (Fsp3) is 0.143. The first-order valence-corrected chi connectivity index (χ1v) is 7.09. The minimum Gasteiger partial charge on any atom is -0.324 e. The van der Waals surface area contributed by atoms with E-state index < -0.39 is 0 Å². The fourth-order valence-electron chi connectivity index (χ4n) is 1.82. The Labute approximate surface area is 122 Å². The molecule has 1 atom stereocenters. The topological polar surface area (TPSA) is 26.0 Å². The van der Waals surface area contributed by atoms with Crippen LogP contribution in [0.4, 0.5) is 4.39 Å². The highest BCUT2D eigenvalue weighted by molar-refractivity contribution is 9.11. The lowest BCUT2D eigenvalue weighted by molar-refractivity contribution is 0.622. The number of hydrogen-bond acceptors (Lipinski definition) is 1. The molecular weight excluding hydrogens is 361 g/mol. The zero-order valence-corrected chi connectivity index (χ0v) is 12.7. The number of rotatable bonds is 3. The maximum atomic E-state index is 13.1. The van der Waals surface area contributed by atoms with Gasteiger partial charge in [0, 0.05) is 15.0 Å². The molecule has 0 saturated heterocycles. The molecule has 0 aliphatic heterocycles.